The van der Waals surface area contributed by atoms with Crippen LogP contribution in [0.15, 0.2) is 69.9 Å². The van der Waals surface area contributed by atoms with E-state index in [1.54, 1.807) is 19.1 Å². The van der Waals surface area contributed by atoms with E-state index in [4.69, 9.17) is 13.9 Å². The van der Waals surface area contributed by atoms with Gasteiger partial charge in [0.05, 0.1) is 31.2 Å². The van der Waals surface area contributed by atoms with Gasteiger partial charge in [0.1, 0.15) is 17.1 Å². The first kappa shape index (κ1) is 21.8. The predicted molar refractivity (Wildman–Crippen MR) is 130 cm³/mol. The second-order valence-corrected chi connectivity index (χ2v) is 8.59. The summed E-state index contributed by atoms with van der Waals surface area (Å²) in [5.74, 6) is 1.18. The molecular formula is C28H25NO5. The zero-order chi connectivity index (χ0) is 24.0. The highest BCUT2D eigenvalue weighted by Gasteiger charge is 2.43. The third kappa shape index (κ3) is 3.52. The molecule has 0 radical (unpaired) electrons. The number of aryl methyl sites for hydroxylation is 2. The fourth-order valence-electron chi connectivity index (χ4n) is 4.72. The summed E-state index contributed by atoms with van der Waals surface area (Å²) in [4.78, 5) is 29.2. The summed E-state index contributed by atoms with van der Waals surface area (Å²) < 4.78 is 16.8. The van der Waals surface area contributed by atoms with E-state index in [1.807, 2.05) is 74.5 Å². The molecule has 1 aliphatic rings. The Morgan fingerprint density at radius 3 is 2.35 bits per heavy atom. The van der Waals surface area contributed by atoms with E-state index in [9.17, 15) is 9.59 Å². The van der Waals surface area contributed by atoms with Crippen LogP contribution in [0.5, 0.6) is 11.5 Å². The van der Waals surface area contributed by atoms with Gasteiger partial charge in [-0.2, -0.15) is 0 Å². The Hall–Kier alpha value is -4.06. The molecule has 3 aromatic carbocycles. The van der Waals surface area contributed by atoms with Crippen LogP contribution in [0.25, 0.3) is 11.0 Å². The number of hydrogen-bond donors (Lipinski definition) is 0. The molecule has 2 heterocycles. The van der Waals surface area contributed by atoms with Crippen molar-refractivity contribution in [3.8, 4) is 11.5 Å². The van der Waals surface area contributed by atoms with Crippen LogP contribution in [0.3, 0.4) is 0 Å². The molecule has 1 aliphatic heterocycles. The summed E-state index contributed by atoms with van der Waals surface area (Å²) >= 11 is 0. The van der Waals surface area contributed by atoms with Gasteiger partial charge < -0.3 is 18.8 Å². The highest BCUT2D eigenvalue weighted by atomic mass is 16.5. The van der Waals surface area contributed by atoms with Crippen LogP contribution in [0.4, 0.5) is 0 Å². The molecule has 0 aliphatic carbocycles. The minimum Gasteiger partial charge on any atom is -0.497 e. The fraction of sp³-hybridized carbons (Fsp3) is 0.214. The Kier molecular flexibility index (Phi) is 5.36. The summed E-state index contributed by atoms with van der Waals surface area (Å²) in [6.07, 6.45) is 0. The number of nitrogens with zero attached hydrogens (tertiary/aromatic N) is 1. The molecule has 6 nitrogen and oxygen atoms in total. The van der Waals surface area contributed by atoms with E-state index in [0.29, 0.717) is 28.8 Å². The molecule has 0 N–H and O–H groups in total. The van der Waals surface area contributed by atoms with Crippen LogP contribution in [0, 0.1) is 13.8 Å². The predicted octanol–water partition coefficient (Wildman–Crippen LogP) is 5.17. The number of ether oxygens (including phenoxy) is 2. The first-order chi connectivity index (χ1) is 16.4. The highest BCUT2D eigenvalue weighted by molar-refractivity contribution is 5.99. The number of rotatable bonds is 5. The van der Waals surface area contributed by atoms with E-state index in [0.717, 1.165) is 28.0 Å². The second-order valence-electron chi connectivity index (χ2n) is 8.59. The van der Waals surface area contributed by atoms with Gasteiger partial charge in [0.25, 0.3) is 5.91 Å². The molecule has 1 unspecified atom stereocenters. The maximum Gasteiger partial charge on any atom is 0.291 e. The summed E-state index contributed by atoms with van der Waals surface area (Å²) in [7, 11) is 3.20. The number of methoxy groups -OCH3 is 2. The van der Waals surface area contributed by atoms with Gasteiger partial charge in [0.2, 0.25) is 5.76 Å². The third-order valence-electron chi connectivity index (χ3n) is 6.32. The van der Waals surface area contributed by atoms with E-state index in [2.05, 4.69) is 0 Å². The Bertz CT molecular complexity index is 1470. The quantitative estimate of drug-likeness (QED) is 0.415. The fourth-order valence-corrected chi connectivity index (χ4v) is 4.72. The lowest BCUT2D eigenvalue weighted by Gasteiger charge is -2.25. The van der Waals surface area contributed by atoms with Gasteiger partial charge in [-0.3, -0.25) is 9.59 Å². The van der Waals surface area contributed by atoms with Crippen molar-refractivity contribution < 1.29 is 18.7 Å². The molecule has 0 saturated heterocycles. The summed E-state index contributed by atoms with van der Waals surface area (Å²) in [5.41, 5.74) is 4.14. The van der Waals surface area contributed by atoms with Crippen LogP contribution in [0.2, 0.25) is 0 Å². The van der Waals surface area contributed by atoms with E-state index in [-0.39, 0.29) is 17.1 Å². The molecule has 1 aromatic heterocycles. The van der Waals surface area contributed by atoms with Crippen LogP contribution in [-0.2, 0) is 6.54 Å². The van der Waals surface area contributed by atoms with Crippen molar-refractivity contribution in [2.75, 3.05) is 14.2 Å². The number of fused-ring (bicyclic) bond motifs is 2. The zero-order valence-electron chi connectivity index (χ0n) is 19.5. The number of carbonyl (C=O) groups is 1. The first-order valence-electron chi connectivity index (χ1n) is 11.1. The summed E-state index contributed by atoms with van der Waals surface area (Å²) in [5, 5.41) is 0.489. The normalized spacial score (nSPS) is 15.0. The highest BCUT2D eigenvalue weighted by Crippen LogP contribution is 2.40. The van der Waals surface area contributed by atoms with Crippen LogP contribution < -0.4 is 14.9 Å². The van der Waals surface area contributed by atoms with Crippen molar-refractivity contribution in [1.29, 1.82) is 0 Å². The van der Waals surface area contributed by atoms with Gasteiger partial charge in [-0.15, -0.1) is 0 Å². The van der Waals surface area contributed by atoms with E-state index < -0.39 is 6.04 Å². The third-order valence-corrected chi connectivity index (χ3v) is 6.32. The molecule has 172 valence electrons. The largest absolute Gasteiger partial charge is 0.497 e. The van der Waals surface area contributed by atoms with Crippen molar-refractivity contribution in [2.45, 2.75) is 26.4 Å². The van der Waals surface area contributed by atoms with Crippen molar-refractivity contribution in [3.63, 3.8) is 0 Å². The van der Waals surface area contributed by atoms with Crippen LogP contribution in [0.1, 0.15) is 44.4 Å². The summed E-state index contributed by atoms with van der Waals surface area (Å²) in [6.45, 7) is 4.14. The van der Waals surface area contributed by atoms with Gasteiger partial charge in [0.15, 0.2) is 5.43 Å². The molecule has 0 fully saturated rings. The van der Waals surface area contributed by atoms with Gasteiger partial charge >= 0.3 is 0 Å². The molecule has 1 amide bonds. The van der Waals surface area contributed by atoms with Gasteiger partial charge in [-0.05, 0) is 66.4 Å². The monoisotopic (exact) mass is 455 g/mol. The van der Waals surface area contributed by atoms with Crippen LogP contribution in [-0.4, -0.2) is 25.0 Å². The first-order valence-corrected chi connectivity index (χ1v) is 11.1. The van der Waals surface area contributed by atoms with Crippen molar-refractivity contribution >= 4 is 16.9 Å². The molecule has 5 rings (SSSR count). The van der Waals surface area contributed by atoms with Crippen LogP contribution >= 0.6 is 0 Å². The minimum absolute atomic E-state index is 0.103. The molecule has 0 spiro atoms. The summed E-state index contributed by atoms with van der Waals surface area (Å²) in [6, 6.07) is 18.2. The standard InChI is InChI=1S/C28H25NO5/c1-16-12-17(2)26-22(13-16)25(30)23-24(19-6-5-7-21(14-19)33-4)29(28(31)27(23)34-26)15-18-8-10-20(32-3)11-9-18/h5-14,24H,15H2,1-4H3. The lowest BCUT2D eigenvalue weighted by atomic mass is 9.97. The average Bonchev–Trinajstić information content (AvgIpc) is 3.12. The topological polar surface area (TPSA) is 69.0 Å². The maximum atomic E-state index is 13.8. The Morgan fingerprint density at radius 1 is 0.912 bits per heavy atom. The van der Waals surface area contributed by atoms with Gasteiger partial charge in [-0.1, -0.05) is 30.3 Å². The van der Waals surface area contributed by atoms with Gasteiger partial charge in [-0.25, -0.2) is 0 Å². The molecular weight excluding hydrogens is 430 g/mol. The average molecular weight is 456 g/mol. The Labute approximate surface area is 197 Å². The number of benzene rings is 3. The van der Waals surface area contributed by atoms with Crippen molar-refractivity contribution in [1.82, 2.24) is 4.90 Å². The van der Waals surface area contributed by atoms with Gasteiger partial charge in [0, 0.05) is 6.54 Å². The Balaban J connectivity index is 1.72. The number of hydrogen-bond acceptors (Lipinski definition) is 5. The maximum absolute atomic E-state index is 13.8. The smallest absolute Gasteiger partial charge is 0.291 e. The lowest BCUT2D eigenvalue weighted by molar-refractivity contribution is 0.0714. The molecule has 4 aromatic rings. The zero-order valence-corrected chi connectivity index (χ0v) is 19.5. The second kappa shape index (κ2) is 8.37. The van der Waals surface area contributed by atoms with Crippen molar-refractivity contribution in [3.05, 3.63) is 104 Å². The number of carbonyl (C=O) groups excluding carboxylic acids is 1. The minimum atomic E-state index is -0.596. The molecule has 6 heteroatoms. The molecule has 0 bridgehead atoms. The van der Waals surface area contributed by atoms with Crippen molar-refractivity contribution in [2.24, 2.45) is 0 Å². The number of amides is 1. The Morgan fingerprint density at radius 2 is 1.65 bits per heavy atom. The SMILES string of the molecule is COc1ccc(CN2C(=O)c3oc4c(C)cc(C)cc4c(=O)c3C2c2cccc(OC)c2)cc1. The molecule has 0 saturated carbocycles. The molecule has 34 heavy (non-hydrogen) atoms. The molecule has 1 atom stereocenters. The lowest BCUT2D eigenvalue weighted by Crippen LogP contribution is -2.29. The van der Waals surface area contributed by atoms with E-state index >= 15 is 0 Å². The van der Waals surface area contributed by atoms with E-state index in [1.165, 1.54) is 0 Å².